The summed E-state index contributed by atoms with van der Waals surface area (Å²) >= 11 is 2.74. The smallest absolute Gasteiger partial charge is 0.303 e. The van der Waals surface area contributed by atoms with Crippen LogP contribution in [0, 0.1) is 11.6 Å². The number of halogens is 2. The minimum Gasteiger partial charge on any atom is -0.335 e. The van der Waals surface area contributed by atoms with E-state index in [0.29, 0.717) is 40.3 Å². The van der Waals surface area contributed by atoms with E-state index in [0.717, 1.165) is 19.8 Å². The summed E-state index contributed by atoms with van der Waals surface area (Å²) in [6.45, 7) is 1.93. The molecule has 4 rings (SSSR count). The molecule has 0 bridgehead atoms. The van der Waals surface area contributed by atoms with E-state index in [1.807, 2.05) is 28.7 Å². The molecule has 0 spiro atoms. The summed E-state index contributed by atoms with van der Waals surface area (Å²) in [5, 5.41) is 1.35. The number of carbonyl (C=O) groups is 1. The van der Waals surface area contributed by atoms with Gasteiger partial charge in [0.05, 0.1) is 16.5 Å². The van der Waals surface area contributed by atoms with Crippen LogP contribution in [0.4, 0.5) is 14.5 Å². The summed E-state index contributed by atoms with van der Waals surface area (Å²) in [5.74, 6) is -2.10. The molecule has 0 aliphatic carbocycles. The predicted octanol–water partition coefficient (Wildman–Crippen LogP) is 4.30. The SMILES string of the molecule is CCC(=C/c1sc2ccc(F)cc2[n+]1CC(=O)NS(=O)(=O)N(C)C)/C=C1\Sc2ccc(F)cc2N1CCCCS(=O)(=O)O. The van der Waals surface area contributed by atoms with E-state index in [1.165, 1.54) is 61.5 Å². The van der Waals surface area contributed by atoms with Crippen molar-refractivity contribution in [2.45, 2.75) is 37.6 Å². The fraction of sp³-hybridized carbons (Fsp3) is 0.333. The van der Waals surface area contributed by atoms with Crippen molar-refractivity contribution in [1.82, 2.24) is 9.03 Å². The van der Waals surface area contributed by atoms with Crippen molar-refractivity contribution < 1.29 is 39.5 Å². The van der Waals surface area contributed by atoms with Crippen LogP contribution in [0.15, 0.2) is 58.0 Å². The number of unbranched alkanes of at least 4 members (excludes halogenated alkanes) is 1. The predicted molar refractivity (Wildman–Crippen MR) is 164 cm³/mol. The second-order valence-electron chi connectivity index (χ2n) is 9.87. The summed E-state index contributed by atoms with van der Waals surface area (Å²) in [7, 11) is -5.54. The van der Waals surface area contributed by atoms with Crippen molar-refractivity contribution in [1.29, 1.82) is 0 Å². The van der Waals surface area contributed by atoms with E-state index in [9.17, 15) is 30.4 Å². The highest BCUT2D eigenvalue weighted by molar-refractivity contribution is 8.03. The van der Waals surface area contributed by atoms with Gasteiger partial charge in [0.1, 0.15) is 16.3 Å². The van der Waals surface area contributed by atoms with Crippen LogP contribution in [0.25, 0.3) is 16.3 Å². The van der Waals surface area contributed by atoms with E-state index in [4.69, 9.17) is 4.55 Å². The Hall–Kier alpha value is -2.89. The quantitative estimate of drug-likeness (QED) is 0.166. The molecule has 10 nitrogen and oxygen atoms in total. The van der Waals surface area contributed by atoms with E-state index in [2.05, 4.69) is 0 Å². The number of fused-ring (bicyclic) bond motifs is 2. The molecular weight excluding hydrogens is 643 g/mol. The van der Waals surface area contributed by atoms with E-state index in [-0.39, 0.29) is 18.7 Å². The maximum absolute atomic E-state index is 14.2. The fourth-order valence-electron chi connectivity index (χ4n) is 4.29. The van der Waals surface area contributed by atoms with Gasteiger partial charge >= 0.3 is 10.2 Å². The number of aromatic nitrogens is 1. The molecule has 0 unspecified atom stereocenters. The molecule has 1 aliphatic heterocycles. The summed E-state index contributed by atoms with van der Waals surface area (Å²) in [5.41, 5.74) is 1.89. The maximum atomic E-state index is 14.2. The molecule has 1 amide bonds. The Morgan fingerprint density at radius 3 is 2.47 bits per heavy atom. The first kappa shape index (κ1) is 33.0. The Bertz CT molecular complexity index is 1820. The monoisotopic (exact) mass is 673 g/mol. The van der Waals surface area contributed by atoms with Crippen LogP contribution in [0.2, 0.25) is 0 Å². The molecule has 0 fully saturated rings. The molecular formula is C27H31F2N4O6S4+. The second kappa shape index (κ2) is 13.4. The topological polar surface area (TPSA) is 128 Å². The summed E-state index contributed by atoms with van der Waals surface area (Å²) < 4.78 is 89.3. The third-order valence-electron chi connectivity index (χ3n) is 6.47. The Morgan fingerprint density at radius 1 is 1.09 bits per heavy atom. The molecule has 43 heavy (non-hydrogen) atoms. The molecule has 1 aromatic heterocycles. The van der Waals surface area contributed by atoms with Crippen LogP contribution in [0.3, 0.4) is 0 Å². The van der Waals surface area contributed by atoms with Crippen molar-refractivity contribution in [2.75, 3.05) is 31.3 Å². The van der Waals surface area contributed by atoms with Crippen LogP contribution in [-0.2, 0) is 31.7 Å². The number of allylic oxidation sites excluding steroid dienone is 2. The lowest BCUT2D eigenvalue weighted by Gasteiger charge is -2.20. The molecule has 2 heterocycles. The Labute approximate surface area is 257 Å². The van der Waals surface area contributed by atoms with Crippen LogP contribution in [0.1, 0.15) is 31.2 Å². The zero-order valence-corrected chi connectivity index (χ0v) is 26.8. The number of nitrogens with zero attached hydrogens (tertiary/aromatic N) is 3. The molecule has 0 atom stereocenters. The molecule has 3 aromatic rings. The highest BCUT2D eigenvalue weighted by Gasteiger charge is 2.28. The first-order valence-corrected chi connectivity index (χ1v) is 17.8. The first-order chi connectivity index (χ1) is 20.2. The van der Waals surface area contributed by atoms with Crippen molar-refractivity contribution in [2.24, 2.45) is 0 Å². The minimum atomic E-state index is -4.10. The van der Waals surface area contributed by atoms with Gasteiger partial charge in [0, 0.05) is 37.7 Å². The number of hydrogen-bond donors (Lipinski definition) is 2. The Balaban J connectivity index is 1.70. The lowest BCUT2D eigenvalue weighted by atomic mass is 10.2. The zero-order chi connectivity index (χ0) is 31.5. The fourth-order valence-corrected chi connectivity index (χ4v) is 7.65. The third-order valence-corrected chi connectivity index (χ3v) is 10.9. The van der Waals surface area contributed by atoms with Gasteiger partial charge in [0.2, 0.25) is 12.1 Å². The maximum Gasteiger partial charge on any atom is 0.303 e. The average Bonchev–Trinajstić information content (AvgIpc) is 3.41. The molecule has 16 heteroatoms. The van der Waals surface area contributed by atoms with E-state index in [1.54, 1.807) is 16.7 Å². The van der Waals surface area contributed by atoms with Crippen LogP contribution in [-0.4, -0.2) is 58.0 Å². The number of nitrogens with one attached hydrogen (secondary N) is 1. The molecule has 0 saturated carbocycles. The lowest BCUT2D eigenvalue weighted by molar-refractivity contribution is -0.655. The second-order valence-corrected chi connectivity index (χ2v) is 15.4. The molecule has 2 N–H and O–H groups in total. The van der Waals surface area contributed by atoms with Gasteiger partial charge in [-0.3, -0.25) is 9.35 Å². The molecule has 232 valence electrons. The van der Waals surface area contributed by atoms with Crippen molar-refractivity contribution in [3.8, 4) is 0 Å². The number of hydrogen-bond acceptors (Lipinski definition) is 8. The number of thiazole rings is 1. The molecule has 0 saturated heterocycles. The van der Waals surface area contributed by atoms with Gasteiger partial charge in [0.15, 0.2) is 0 Å². The number of benzene rings is 2. The highest BCUT2D eigenvalue weighted by Crippen LogP contribution is 2.47. The van der Waals surface area contributed by atoms with Gasteiger partial charge in [-0.1, -0.05) is 30.0 Å². The van der Waals surface area contributed by atoms with Gasteiger partial charge in [-0.05, 0) is 61.2 Å². The van der Waals surface area contributed by atoms with Gasteiger partial charge in [-0.2, -0.15) is 25.7 Å². The van der Waals surface area contributed by atoms with Crippen molar-refractivity contribution in [3.63, 3.8) is 0 Å². The number of anilines is 1. The van der Waals surface area contributed by atoms with E-state index < -0.39 is 37.9 Å². The Morgan fingerprint density at radius 2 is 1.79 bits per heavy atom. The van der Waals surface area contributed by atoms with E-state index >= 15 is 0 Å². The van der Waals surface area contributed by atoms with Crippen LogP contribution < -0.4 is 14.2 Å². The largest absolute Gasteiger partial charge is 0.335 e. The van der Waals surface area contributed by atoms with Crippen LogP contribution >= 0.6 is 23.1 Å². The molecule has 0 radical (unpaired) electrons. The summed E-state index contributed by atoms with van der Waals surface area (Å²) in [6.07, 6.45) is 4.94. The number of thioether (sulfide) groups is 1. The number of carbonyl (C=O) groups excluding carboxylic acids is 1. The summed E-state index contributed by atoms with van der Waals surface area (Å²) in [6, 6.07) is 8.63. The van der Waals surface area contributed by atoms with Gasteiger partial charge in [0.25, 0.3) is 21.0 Å². The van der Waals surface area contributed by atoms with Gasteiger partial charge in [-0.25, -0.2) is 13.5 Å². The average molecular weight is 674 g/mol. The standard InChI is InChI=1S/C27H30F2N4O6S4/c1-4-18(13-26-32(11-5-6-12-42(35,36)37)21-15-19(28)7-9-23(21)40-26)14-27-33(17-25(34)30-43(38,39)31(2)3)22-16-20(29)8-10-24(22)41-27/h7-10,13-16H,4-6,11-12,17H2,1-3H3,(H-,30,34,35,36,37)/p+1. The van der Waals surface area contributed by atoms with Crippen molar-refractivity contribution in [3.05, 3.63) is 69.7 Å². The summed E-state index contributed by atoms with van der Waals surface area (Å²) in [4.78, 5) is 15.5. The molecule has 2 aromatic carbocycles. The number of amides is 1. The van der Waals surface area contributed by atoms with Crippen LogP contribution in [0.5, 0.6) is 0 Å². The minimum absolute atomic E-state index is 0.221. The van der Waals surface area contributed by atoms with Gasteiger partial charge in [-0.15, -0.1) is 0 Å². The molecule has 1 aliphatic rings. The highest BCUT2D eigenvalue weighted by atomic mass is 32.2. The third kappa shape index (κ3) is 8.39. The zero-order valence-electron chi connectivity index (χ0n) is 23.6. The van der Waals surface area contributed by atoms with Gasteiger partial charge < -0.3 is 4.90 Å². The lowest BCUT2D eigenvalue weighted by Crippen LogP contribution is -2.48. The van der Waals surface area contributed by atoms with Crippen molar-refractivity contribution >= 4 is 71.3 Å². The normalized spacial score (nSPS) is 15.1. The Kier molecular flexibility index (Phi) is 10.3. The number of rotatable bonds is 12. The first-order valence-electron chi connectivity index (χ1n) is 13.1.